The number of carbonyl (C=O) groups is 1. The lowest BCUT2D eigenvalue weighted by Gasteiger charge is -1.98. The van der Waals surface area contributed by atoms with Crippen LogP contribution >= 0.6 is 11.3 Å². The molecule has 1 amide bonds. The Hall–Kier alpha value is -2.59. The summed E-state index contributed by atoms with van der Waals surface area (Å²) in [7, 11) is 0. The predicted octanol–water partition coefficient (Wildman–Crippen LogP) is 6.38. The molecule has 0 radical (unpaired) electrons. The Morgan fingerprint density at radius 3 is 2.43 bits per heavy atom. The third kappa shape index (κ3) is 7.57. The SMILES string of the molecule is CC.C\C=C/C=C(\C=C/C)c1cc2c(s1)C(=O)NCCC2.Oc1ccccc1. The van der Waals surface area contributed by atoms with Gasteiger partial charge in [0.1, 0.15) is 5.75 Å². The van der Waals surface area contributed by atoms with Crippen LogP contribution in [0.3, 0.4) is 0 Å². The fourth-order valence-corrected chi connectivity index (χ4v) is 3.67. The summed E-state index contributed by atoms with van der Waals surface area (Å²) in [6.07, 6.45) is 12.2. The van der Waals surface area contributed by atoms with Gasteiger partial charge in [-0.1, -0.05) is 62.4 Å². The number of nitrogens with one attached hydrogen (secondary N) is 1. The average Bonchev–Trinajstić information content (AvgIpc) is 3.07. The maximum atomic E-state index is 12.0. The second-order valence-electron chi connectivity index (χ2n) is 5.81. The Labute approximate surface area is 173 Å². The number of phenolic OH excluding ortho intramolecular Hbond substituents is 1. The van der Waals surface area contributed by atoms with Crippen LogP contribution in [-0.2, 0) is 6.42 Å². The Bertz CT molecular complexity index is 801. The van der Waals surface area contributed by atoms with Crippen molar-refractivity contribution in [1.29, 1.82) is 0 Å². The number of amides is 1. The number of rotatable bonds is 3. The lowest BCUT2D eigenvalue weighted by atomic mass is 10.1. The molecule has 3 rings (SSSR count). The molecule has 0 bridgehead atoms. The Morgan fingerprint density at radius 2 is 1.86 bits per heavy atom. The fraction of sp³-hybridized carbons (Fsp3) is 0.292. The van der Waals surface area contributed by atoms with Crippen molar-refractivity contribution in [3.8, 4) is 5.75 Å². The molecular formula is C24H31NO2S. The van der Waals surface area contributed by atoms with Crippen molar-refractivity contribution in [3.05, 3.63) is 82.1 Å². The van der Waals surface area contributed by atoms with Crippen molar-refractivity contribution >= 4 is 22.8 Å². The minimum absolute atomic E-state index is 0.0783. The first-order chi connectivity index (χ1) is 13.7. The van der Waals surface area contributed by atoms with Gasteiger partial charge in [-0.05, 0) is 56.0 Å². The number of aryl methyl sites for hydroxylation is 1. The molecule has 28 heavy (non-hydrogen) atoms. The number of allylic oxidation sites excluding steroid dienone is 6. The van der Waals surface area contributed by atoms with E-state index in [2.05, 4.69) is 23.5 Å². The molecule has 0 atom stereocenters. The first-order valence-corrected chi connectivity index (χ1v) is 10.6. The third-order valence-electron chi connectivity index (χ3n) is 3.78. The largest absolute Gasteiger partial charge is 0.508 e. The Balaban J connectivity index is 0.000000363. The lowest BCUT2D eigenvalue weighted by molar-refractivity contribution is 0.0960. The van der Waals surface area contributed by atoms with E-state index in [9.17, 15) is 4.79 Å². The maximum absolute atomic E-state index is 12.0. The van der Waals surface area contributed by atoms with Crippen molar-refractivity contribution in [3.63, 3.8) is 0 Å². The Morgan fingerprint density at radius 1 is 1.14 bits per heavy atom. The van der Waals surface area contributed by atoms with Crippen LogP contribution in [0.25, 0.3) is 5.57 Å². The molecule has 2 heterocycles. The van der Waals surface area contributed by atoms with Crippen molar-refractivity contribution in [2.45, 2.75) is 40.5 Å². The summed E-state index contributed by atoms with van der Waals surface area (Å²) < 4.78 is 0. The number of hydrogen-bond donors (Lipinski definition) is 2. The monoisotopic (exact) mass is 397 g/mol. The summed E-state index contributed by atoms with van der Waals surface area (Å²) >= 11 is 1.59. The molecule has 0 saturated carbocycles. The van der Waals surface area contributed by atoms with Crippen LogP contribution in [0.5, 0.6) is 5.75 Å². The van der Waals surface area contributed by atoms with Crippen LogP contribution in [0.2, 0.25) is 0 Å². The molecule has 1 aliphatic heterocycles. The van der Waals surface area contributed by atoms with E-state index in [4.69, 9.17) is 5.11 Å². The first kappa shape index (κ1) is 23.4. The molecule has 0 fully saturated rings. The lowest BCUT2D eigenvalue weighted by Crippen LogP contribution is -2.21. The Kier molecular flexibility index (Phi) is 11.4. The van der Waals surface area contributed by atoms with Gasteiger partial charge in [0.15, 0.2) is 0 Å². The van der Waals surface area contributed by atoms with Gasteiger partial charge in [-0.3, -0.25) is 4.79 Å². The van der Waals surface area contributed by atoms with Crippen molar-refractivity contribution in [1.82, 2.24) is 5.32 Å². The van der Waals surface area contributed by atoms with Crippen LogP contribution in [0.1, 0.15) is 54.2 Å². The topological polar surface area (TPSA) is 49.3 Å². The minimum Gasteiger partial charge on any atom is -0.508 e. The molecule has 150 valence electrons. The summed E-state index contributed by atoms with van der Waals surface area (Å²) in [5, 5.41) is 11.6. The van der Waals surface area contributed by atoms with Gasteiger partial charge in [0.2, 0.25) is 0 Å². The summed E-state index contributed by atoms with van der Waals surface area (Å²) in [6.45, 7) is 8.79. The van der Waals surface area contributed by atoms with Gasteiger partial charge < -0.3 is 10.4 Å². The number of hydrogen-bond acceptors (Lipinski definition) is 3. The van der Waals surface area contributed by atoms with Gasteiger partial charge in [0.25, 0.3) is 5.91 Å². The molecule has 1 aromatic heterocycles. The van der Waals surface area contributed by atoms with E-state index in [1.54, 1.807) is 35.6 Å². The van der Waals surface area contributed by atoms with Gasteiger partial charge in [0.05, 0.1) is 4.88 Å². The van der Waals surface area contributed by atoms with E-state index in [0.29, 0.717) is 5.75 Å². The van der Waals surface area contributed by atoms with Crippen LogP contribution in [0.15, 0.2) is 66.8 Å². The van der Waals surface area contributed by atoms with E-state index in [0.717, 1.165) is 29.8 Å². The molecule has 3 nitrogen and oxygen atoms in total. The number of carbonyl (C=O) groups excluding carboxylic acids is 1. The van der Waals surface area contributed by atoms with Crippen molar-refractivity contribution < 1.29 is 9.90 Å². The molecule has 0 spiro atoms. The molecule has 4 heteroatoms. The maximum Gasteiger partial charge on any atom is 0.261 e. The number of aromatic hydroxyl groups is 1. The number of fused-ring (bicyclic) bond motifs is 1. The van der Waals surface area contributed by atoms with E-state index in [1.165, 1.54) is 10.4 Å². The third-order valence-corrected chi connectivity index (χ3v) is 5.00. The number of benzene rings is 1. The van der Waals surface area contributed by atoms with E-state index >= 15 is 0 Å². The minimum atomic E-state index is 0.0783. The summed E-state index contributed by atoms with van der Waals surface area (Å²) in [5.41, 5.74) is 2.34. The highest BCUT2D eigenvalue weighted by molar-refractivity contribution is 7.15. The van der Waals surface area contributed by atoms with Crippen molar-refractivity contribution in [2.75, 3.05) is 6.54 Å². The van der Waals surface area contributed by atoms with Gasteiger partial charge in [-0.25, -0.2) is 0 Å². The smallest absolute Gasteiger partial charge is 0.261 e. The van der Waals surface area contributed by atoms with Gasteiger partial charge in [-0.15, -0.1) is 11.3 Å². The van der Waals surface area contributed by atoms with Gasteiger partial charge in [-0.2, -0.15) is 0 Å². The number of thiophene rings is 1. The summed E-state index contributed by atoms with van der Waals surface area (Å²) in [6, 6.07) is 10.9. The van der Waals surface area contributed by atoms with Crippen LogP contribution < -0.4 is 5.32 Å². The molecule has 0 saturated heterocycles. The first-order valence-electron chi connectivity index (χ1n) is 9.76. The summed E-state index contributed by atoms with van der Waals surface area (Å²) in [4.78, 5) is 14.0. The zero-order valence-electron chi connectivity index (χ0n) is 17.2. The zero-order chi connectivity index (χ0) is 20.8. The quantitative estimate of drug-likeness (QED) is 0.591. The highest BCUT2D eigenvalue weighted by Crippen LogP contribution is 2.31. The van der Waals surface area contributed by atoms with Crippen molar-refractivity contribution in [2.24, 2.45) is 0 Å². The van der Waals surface area contributed by atoms with E-state index < -0.39 is 0 Å². The predicted molar refractivity (Wildman–Crippen MR) is 122 cm³/mol. The molecule has 1 aromatic carbocycles. The van der Waals surface area contributed by atoms with Gasteiger partial charge in [0, 0.05) is 11.4 Å². The second kappa shape index (κ2) is 13.6. The van der Waals surface area contributed by atoms with Crippen LogP contribution in [-0.4, -0.2) is 17.6 Å². The molecule has 2 aromatic rings. The van der Waals surface area contributed by atoms with E-state index in [1.807, 2.05) is 52.0 Å². The number of para-hydroxylation sites is 1. The highest BCUT2D eigenvalue weighted by atomic mass is 32.1. The second-order valence-corrected chi connectivity index (χ2v) is 6.86. The molecule has 1 aliphatic rings. The average molecular weight is 398 g/mol. The standard InChI is InChI=1S/C16H19NOS.C6H6O.C2H6/c1-3-5-8-12(7-4-2)14-11-13-9-6-10-17-16(18)15(13)19-14;7-6-4-2-1-3-5-6;1-2/h3-5,7-8,11H,6,9-10H2,1-2H3,(H,17,18);1-5,7H;1-2H3/b5-3-,7-4-,12-8+;;. The molecule has 0 aliphatic carbocycles. The van der Waals surface area contributed by atoms with Gasteiger partial charge >= 0.3 is 0 Å². The fourth-order valence-electron chi connectivity index (χ4n) is 2.54. The highest BCUT2D eigenvalue weighted by Gasteiger charge is 2.19. The molecular weight excluding hydrogens is 366 g/mol. The van der Waals surface area contributed by atoms with E-state index in [-0.39, 0.29) is 5.91 Å². The summed E-state index contributed by atoms with van der Waals surface area (Å²) in [5.74, 6) is 0.400. The zero-order valence-corrected chi connectivity index (χ0v) is 18.1. The molecule has 0 unspecified atom stereocenters. The molecule has 2 N–H and O–H groups in total. The number of phenols is 1. The normalized spacial score (nSPS) is 13.7. The van der Waals surface area contributed by atoms with Crippen LogP contribution in [0, 0.1) is 0 Å². The van der Waals surface area contributed by atoms with Crippen LogP contribution in [0.4, 0.5) is 0 Å².